The maximum atomic E-state index is 14.2. The van der Waals surface area contributed by atoms with Gasteiger partial charge in [0.25, 0.3) is 0 Å². The van der Waals surface area contributed by atoms with E-state index in [0.717, 1.165) is 0 Å². The molecule has 14 heteroatoms. The quantitative estimate of drug-likeness (QED) is 0.238. The van der Waals surface area contributed by atoms with Crippen LogP contribution in [0.4, 0.5) is 0 Å². The zero-order valence-electron chi connectivity index (χ0n) is 34.2. The predicted molar refractivity (Wildman–Crippen MR) is 194 cm³/mol. The van der Waals surface area contributed by atoms with Crippen LogP contribution in [0, 0.1) is 17.8 Å². The van der Waals surface area contributed by atoms with Gasteiger partial charge in [-0.1, -0.05) is 20.8 Å². The summed E-state index contributed by atoms with van der Waals surface area (Å²) < 4.78 is 37.5. The van der Waals surface area contributed by atoms with E-state index in [2.05, 4.69) is 0 Å². The third-order valence-corrected chi connectivity index (χ3v) is 12.2. The van der Waals surface area contributed by atoms with Crippen molar-refractivity contribution in [2.24, 2.45) is 17.8 Å². The van der Waals surface area contributed by atoms with Gasteiger partial charge in [-0.05, 0) is 94.8 Å². The lowest BCUT2D eigenvalue weighted by molar-refractivity contribution is -0.318. The summed E-state index contributed by atoms with van der Waals surface area (Å²) in [7, 11) is 7.12. The number of hydrogen-bond acceptors (Lipinski definition) is 14. The van der Waals surface area contributed by atoms with Crippen LogP contribution in [0.2, 0.25) is 0 Å². The summed E-state index contributed by atoms with van der Waals surface area (Å²) in [6, 6.07) is -0.808. The standard InChI is InChI=1S/C38H72N2O12/c1-15-27-38(10,46)31(42)24(6)40(13)19-20(2)17-36(8,45)33(52-35-29(41)26(39(11)12)16-21(3)48-35)22(4)30(23(5)34(44)50-27)51-28-18-37(9,47-14)32(43)25(7)49-28/h20-33,35,41-43,45-46H,15-19H2,1-14H3/t20-,21?,22-,23-,24+,25?,26?,27+,28?,29?,30-,31+,32?,33-,35?,36?,37?,38-/m1/s1. The van der Waals surface area contributed by atoms with Crippen molar-refractivity contribution in [1.82, 2.24) is 9.80 Å². The van der Waals surface area contributed by atoms with Gasteiger partial charge in [-0.25, -0.2) is 0 Å². The zero-order valence-corrected chi connectivity index (χ0v) is 34.2. The molecule has 14 nitrogen and oxygen atoms in total. The number of rotatable bonds is 7. The highest BCUT2D eigenvalue weighted by atomic mass is 16.7. The number of aliphatic hydroxyl groups is 5. The lowest BCUT2D eigenvalue weighted by atomic mass is 9.77. The average molecular weight is 749 g/mol. The number of methoxy groups -OCH3 is 1. The summed E-state index contributed by atoms with van der Waals surface area (Å²) in [5.74, 6) is -2.58. The predicted octanol–water partition coefficient (Wildman–Crippen LogP) is 1.90. The molecule has 3 aliphatic heterocycles. The van der Waals surface area contributed by atoms with Gasteiger partial charge in [0.05, 0.1) is 41.5 Å². The Bertz CT molecular complexity index is 1140. The van der Waals surface area contributed by atoms with Crippen molar-refractivity contribution in [3.05, 3.63) is 0 Å². The van der Waals surface area contributed by atoms with E-state index in [-0.39, 0.29) is 37.3 Å². The van der Waals surface area contributed by atoms with Crippen LogP contribution in [0.25, 0.3) is 0 Å². The van der Waals surface area contributed by atoms with E-state index in [9.17, 15) is 30.3 Å². The summed E-state index contributed by atoms with van der Waals surface area (Å²) in [6.45, 7) is 18.0. The monoisotopic (exact) mass is 749 g/mol. The van der Waals surface area contributed by atoms with Crippen molar-refractivity contribution in [1.29, 1.82) is 0 Å². The topological polar surface area (TPSA) is 180 Å². The Morgan fingerprint density at radius 3 is 2.12 bits per heavy atom. The molecular weight excluding hydrogens is 676 g/mol. The van der Waals surface area contributed by atoms with Gasteiger partial charge in [-0.3, -0.25) is 4.79 Å². The molecule has 3 saturated heterocycles. The average Bonchev–Trinajstić information content (AvgIpc) is 3.05. The molecule has 0 radical (unpaired) electrons. The molecule has 0 bridgehead atoms. The molecule has 18 atom stereocenters. The molecule has 52 heavy (non-hydrogen) atoms. The van der Waals surface area contributed by atoms with Gasteiger partial charge in [0.1, 0.15) is 30.0 Å². The van der Waals surface area contributed by atoms with E-state index < -0.39 is 96.0 Å². The largest absolute Gasteiger partial charge is 0.459 e. The molecule has 0 aromatic carbocycles. The summed E-state index contributed by atoms with van der Waals surface area (Å²) in [5.41, 5.74) is -4.37. The molecule has 3 heterocycles. The second-order valence-corrected chi connectivity index (χ2v) is 17.2. The minimum atomic E-state index is -1.80. The van der Waals surface area contributed by atoms with Crippen molar-refractivity contribution in [3.63, 3.8) is 0 Å². The van der Waals surface area contributed by atoms with E-state index in [1.54, 1.807) is 41.5 Å². The van der Waals surface area contributed by atoms with Crippen LogP contribution >= 0.6 is 0 Å². The van der Waals surface area contributed by atoms with E-state index in [4.69, 9.17) is 28.4 Å². The molecule has 3 rings (SSSR count). The van der Waals surface area contributed by atoms with Gasteiger partial charge in [-0.15, -0.1) is 0 Å². The number of esters is 1. The molecule has 0 saturated carbocycles. The number of hydrogen-bond donors (Lipinski definition) is 5. The van der Waals surface area contributed by atoms with Crippen LogP contribution in [0.3, 0.4) is 0 Å². The summed E-state index contributed by atoms with van der Waals surface area (Å²) in [6.07, 6.45) is -8.19. The molecule has 3 fully saturated rings. The molecule has 0 aliphatic carbocycles. The lowest BCUT2D eigenvalue weighted by Gasteiger charge is -2.48. The first-order chi connectivity index (χ1) is 23.9. The fraction of sp³-hybridized carbons (Fsp3) is 0.974. The molecule has 0 spiro atoms. The van der Waals surface area contributed by atoms with Gasteiger partial charge in [-0.2, -0.15) is 0 Å². The van der Waals surface area contributed by atoms with E-state index in [1.165, 1.54) is 14.0 Å². The molecule has 3 aliphatic rings. The number of nitrogens with zero attached hydrogens (tertiary/aromatic N) is 2. The Labute approximate surface area is 312 Å². The van der Waals surface area contributed by atoms with Crippen LogP contribution in [0.1, 0.15) is 94.9 Å². The van der Waals surface area contributed by atoms with Crippen LogP contribution in [0.5, 0.6) is 0 Å². The minimum Gasteiger partial charge on any atom is -0.459 e. The number of aliphatic hydroxyl groups excluding tert-OH is 3. The maximum absolute atomic E-state index is 14.2. The number of carbonyl (C=O) groups excluding carboxylic acids is 1. The third-order valence-electron chi connectivity index (χ3n) is 12.2. The van der Waals surface area contributed by atoms with Gasteiger partial charge in [0.15, 0.2) is 12.6 Å². The molecule has 5 N–H and O–H groups in total. The molecule has 306 valence electrons. The molecule has 0 aromatic heterocycles. The number of ether oxygens (including phenoxy) is 6. The summed E-state index contributed by atoms with van der Waals surface area (Å²) >= 11 is 0. The first-order valence-corrected chi connectivity index (χ1v) is 19.1. The van der Waals surface area contributed by atoms with Crippen molar-refractivity contribution >= 4 is 5.97 Å². The first-order valence-electron chi connectivity index (χ1n) is 19.1. The highest BCUT2D eigenvalue weighted by Crippen LogP contribution is 2.40. The smallest absolute Gasteiger partial charge is 0.311 e. The second-order valence-electron chi connectivity index (χ2n) is 17.2. The number of likely N-dealkylation sites (N-methyl/N-ethyl adjacent to an activating group) is 2. The molecule has 0 amide bonds. The number of cyclic esters (lactones) is 1. The minimum absolute atomic E-state index is 0.133. The van der Waals surface area contributed by atoms with Gasteiger partial charge < -0.3 is 63.8 Å². The van der Waals surface area contributed by atoms with Crippen LogP contribution in [-0.2, 0) is 33.2 Å². The van der Waals surface area contributed by atoms with Crippen molar-refractivity contribution in [3.8, 4) is 0 Å². The van der Waals surface area contributed by atoms with Crippen molar-refractivity contribution in [2.45, 2.75) is 185 Å². The SMILES string of the molecule is CC[C@@H]1OC(=O)[C@H](C)[C@H](OC2CC(C)(OC)C(O)C(C)O2)[C@@H](C)[C@@H](OC2OC(C)CC(N(C)C)C2O)C(C)(O)C[C@@H](C)CN(C)[C@@H](C)[C@H](O)[C@]1(C)O. The summed E-state index contributed by atoms with van der Waals surface area (Å²) in [5, 5.41) is 58.1. The fourth-order valence-electron chi connectivity index (χ4n) is 8.74. The first kappa shape index (κ1) is 45.4. The zero-order chi connectivity index (χ0) is 39.7. The van der Waals surface area contributed by atoms with Crippen molar-refractivity contribution in [2.75, 3.05) is 34.8 Å². The number of carbonyl (C=O) groups is 1. The van der Waals surface area contributed by atoms with Gasteiger partial charge >= 0.3 is 5.97 Å². The molecular formula is C38H72N2O12. The van der Waals surface area contributed by atoms with Crippen molar-refractivity contribution < 1.29 is 58.7 Å². The summed E-state index contributed by atoms with van der Waals surface area (Å²) in [4.78, 5) is 18.0. The van der Waals surface area contributed by atoms with Gasteiger partial charge in [0.2, 0.25) is 0 Å². The van der Waals surface area contributed by atoms with Crippen LogP contribution in [0.15, 0.2) is 0 Å². The lowest BCUT2D eigenvalue weighted by Crippen LogP contribution is -2.60. The molecule has 9 unspecified atom stereocenters. The Morgan fingerprint density at radius 1 is 0.942 bits per heavy atom. The maximum Gasteiger partial charge on any atom is 0.311 e. The third kappa shape index (κ3) is 10.0. The fourth-order valence-corrected chi connectivity index (χ4v) is 8.74. The Morgan fingerprint density at radius 2 is 1.56 bits per heavy atom. The van der Waals surface area contributed by atoms with Gasteiger partial charge in [0, 0.05) is 38.1 Å². The Kier molecular flexibility index (Phi) is 15.6. The Balaban J connectivity index is 2.17. The molecule has 0 aromatic rings. The second kappa shape index (κ2) is 17.8. The highest BCUT2D eigenvalue weighted by molar-refractivity contribution is 5.73. The normalized spacial score (nSPS) is 49.6. The van der Waals surface area contributed by atoms with Crippen LogP contribution in [-0.4, -0.2) is 166 Å². The Hall–Kier alpha value is -1.01. The van der Waals surface area contributed by atoms with E-state index >= 15 is 0 Å². The van der Waals surface area contributed by atoms with E-state index in [1.807, 2.05) is 51.7 Å². The van der Waals surface area contributed by atoms with Crippen LogP contribution < -0.4 is 0 Å². The highest BCUT2D eigenvalue weighted by Gasteiger charge is 2.52. The van der Waals surface area contributed by atoms with E-state index in [0.29, 0.717) is 13.0 Å².